The van der Waals surface area contributed by atoms with Crippen LogP contribution in [-0.4, -0.2) is 11.1 Å². The molecule has 0 atom stereocenters. The molecule has 0 saturated heterocycles. The topological polar surface area (TPSA) is 37.3 Å². The minimum Gasteiger partial charge on any atom is -0.481 e. The molecular weight excluding hydrogens is 183 g/mol. The van der Waals surface area contributed by atoms with Gasteiger partial charge in [0, 0.05) is 0 Å². The fourth-order valence-corrected chi connectivity index (χ4v) is 1.42. The van der Waals surface area contributed by atoms with Gasteiger partial charge in [0.2, 0.25) is 0 Å². The molecule has 0 aliphatic rings. The van der Waals surface area contributed by atoms with Crippen molar-refractivity contribution in [1.29, 1.82) is 0 Å². The highest BCUT2D eigenvalue weighted by molar-refractivity contribution is 5.70. The van der Waals surface area contributed by atoms with E-state index in [4.69, 9.17) is 5.11 Å². The van der Waals surface area contributed by atoms with Gasteiger partial charge in [0.25, 0.3) is 0 Å². The first-order valence-electron chi connectivity index (χ1n) is 4.40. The molecular formula is C11H13FO2. The zero-order chi connectivity index (χ0) is 10.8. The van der Waals surface area contributed by atoms with Crippen molar-refractivity contribution in [2.24, 2.45) is 0 Å². The molecule has 1 aromatic carbocycles. The third kappa shape index (κ3) is 2.55. The lowest BCUT2D eigenvalue weighted by molar-refractivity contribution is -0.136. The van der Waals surface area contributed by atoms with Crippen molar-refractivity contribution in [3.05, 3.63) is 35.4 Å². The van der Waals surface area contributed by atoms with E-state index in [1.807, 2.05) is 0 Å². The van der Waals surface area contributed by atoms with Gasteiger partial charge in [0.1, 0.15) is 5.67 Å². The van der Waals surface area contributed by atoms with Crippen molar-refractivity contribution in [1.82, 2.24) is 0 Å². The summed E-state index contributed by atoms with van der Waals surface area (Å²) in [5.41, 5.74) is -0.513. The normalized spacial score (nSPS) is 11.4. The number of carboxylic acids is 1. The summed E-state index contributed by atoms with van der Waals surface area (Å²) in [6.45, 7) is 2.85. The molecule has 3 heteroatoms. The number of rotatable bonds is 3. The van der Waals surface area contributed by atoms with E-state index >= 15 is 0 Å². The molecule has 0 saturated carbocycles. The summed E-state index contributed by atoms with van der Waals surface area (Å²) in [5.74, 6) is -0.943. The van der Waals surface area contributed by atoms with Crippen LogP contribution >= 0.6 is 0 Å². The Morgan fingerprint density at radius 3 is 2.50 bits per heavy atom. The van der Waals surface area contributed by atoms with Gasteiger partial charge in [0.05, 0.1) is 6.42 Å². The molecule has 0 aromatic heterocycles. The van der Waals surface area contributed by atoms with Crippen molar-refractivity contribution < 1.29 is 14.3 Å². The van der Waals surface area contributed by atoms with Crippen LogP contribution in [0, 0.1) is 0 Å². The zero-order valence-corrected chi connectivity index (χ0v) is 8.25. The lowest BCUT2D eigenvalue weighted by atomic mass is 9.93. The van der Waals surface area contributed by atoms with Gasteiger partial charge >= 0.3 is 5.97 Å². The Kier molecular flexibility index (Phi) is 2.89. The summed E-state index contributed by atoms with van der Waals surface area (Å²) in [6.07, 6.45) is -0.135. The van der Waals surface area contributed by atoms with Gasteiger partial charge in [-0.3, -0.25) is 4.79 Å². The second-order valence-electron chi connectivity index (χ2n) is 3.70. The Morgan fingerprint density at radius 1 is 1.43 bits per heavy atom. The monoisotopic (exact) mass is 196 g/mol. The van der Waals surface area contributed by atoms with Crippen LogP contribution in [0.15, 0.2) is 24.3 Å². The molecule has 1 aromatic rings. The van der Waals surface area contributed by atoms with Crippen LogP contribution in [0.3, 0.4) is 0 Å². The molecule has 0 radical (unpaired) electrons. The summed E-state index contributed by atoms with van der Waals surface area (Å²) >= 11 is 0. The number of carboxylic acid groups (broad SMARTS) is 1. The van der Waals surface area contributed by atoms with Gasteiger partial charge in [-0.15, -0.1) is 0 Å². The van der Waals surface area contributed by atoms with E-state index in [-0.39, 0.29) is 6.42 Å². The Hall–Kier alpha value is -1.38. The van der Waals surface area contributed by atoms with Gasteiger partial charge in [-0.05, 0) is 25.0 Å². The molecule has 0 aliphatic carbocycles. The van der Waals surface area contributed by atoms with Crippen LogP contribution in [0.4, 0.5) is 4.39 Å². The fourth-order valence-electron chi connectivity index (χ4n) is 1.42. The number of halogens is 1. The Morgan fingerprint density at radius 2 is 2.00 bits per heavy atom. The summed E-state index contributed by atoms with van der Waals surface area (Å²) in [5, 5.41) is 8.63. The smallest absolute Gasteiger partial charge is 0.307 e. The second-order valence-corrected chi connectivity index (χ2v) is 3.70. The van der Waals surface area contributed by atoms with Crippen LogP contribution < -0.4 is 0 Å². The van der Waals surface area contributed by atoms with Gasteiger partial charge in [-0.25, -0.2) is 4.39 Å². The molecule has 0 unspecified atom stereocenters. The molecule has 1 rings (SSSR count). The third-order valence-corrected chi connectivity index (χ3v) is 2.00. The molecule has 0 bridgehead atoms. The van der Waals surface area contributed by atoms with Gasteiger partial charge in [-0.1, -0.05) is 24.3 Å². The summed E-state index contributed by atoms with van der Waals surface area (Å²) < 4.78 is 13.6. The number of hydrogen-bond donors (Lipinski definition) is 1. The minimum absolute atomic E-state index is 0.135. The summed E-state index contributed by atoms with van der Waals surface area (Å²) in [4.78, 5) is 10.5. The maximum atomic E-state index is 13.6. The SMILES string of the molecule is CC(C)(F)c1ccccc1CC(=O)O. The molecule has 0 amide bonds. The molecule has 0 spiro atoms. The number of alkyl halides is 1. The molecule has 0 aliphatic heterocycles. The van der Waals surface area contributed by atoms with Crippen LogP contribution in [0.2, 0.25) is 0 Å². The van der Waals surface area contributed by atoms with Crippen LogP contribution in [-0.2, 0) is 16.9 Å². The molecule has 1 N–H and O–H groups in total. The maximum absolute atomic E-state index is 13.6. The van der Waals surface area contributed by atoms with Crippen LogP contribution in [0.25, 0.3) is 0 Å². The van der Waals surface area contributed by atoms with Crippen molar-refractivity contribution in [2.75, 3.05) is 0 Å². The standard InChI is InChI=1S/C11H13FO2/c1-11(2,12)9-6-4-3-5-8(9)7-10(13)14/h3-6H,7H2,1-2H3,(H,13,14). The molecule has 76 valence electrons. The largest absolute Gasteiger partial charge is 0.481 e. The zero-order valence-electron chi connectivity index (χ0n) is 8.25. The van der Waals surface area contributed by atoms with E-state index in [2.05, 4.69) is 0 Å². The first kappa shape index (κ1) is 10.7. The second kappa shape index (κ2) is 3.78. The lowest BCUT2D eigenvalue weighted by Gasteiger charge is -2.18. The molecule has 14 heavy (non-hydrogen) atoms. The Balaban J connectivity index is 3.10. The molecule has 0 fully saturated rings. The van der Waals surface area contributed by atoms with Crippen molar-refractivity contribution >= 4 is 5.97 Å². The molecule has 2 nitrogen and oxygen atoms in total. The maximum Gasteiger partial charge on any atom is 0.307 e. The average molecular weight is 196 g/mol. The number of aliphatic carboxylic acids is 1. The summed E-state index contributed by atoms with van der Waals surface area (Å²) in [6, 6.07) is 6.69. The van der Waals surface area contributed by atoms with Gasteiger partial charge < -0.3 is 5.11 Å². The first-order valence-corrected chi connectivity index (χ1v) is 4.40. The van der Waals surface area contributed by atoms with Crippen molar-refractivity contribution in [2.45, 2.75) is 25.9 Å². The quantitative estimate of drug-likeness (QED) is 0.806. The van der Waals surface area contributed by atoms with E-state index in [0.29, 0.717) is 11.1 Å². The first-order chi connectivity index (χ1) is 6.41. The third-order valence-electron chi connectivity index (χ3n) is 2.00. The highest BCUT2D eigenvalue weighted by Crippen LogP contribution is 2.27. The van der Waals surface area contributed by atoms with E-state index < -0.39 is 11.6 Å². The highest BCUT2D eigenvalue weighted by Gasteiger charge is 2.22. The fraction of sp³-hybridized carbons (Fsp3) is 0.364. The van der Waals surface area contributed by atoms with Crippen LogP contribution in [0.1, 0.15) is 25.0 Å². The van der Waals surface area contributed by atoms with Crippen molar-refractivity contribution in [3.63, 3.8) is 0 Å². The van der Waals surface area contributed by atoms with E-state index in [9.17, 15) is 9.18 Å². The number of carbonyl (C=O) groups is 1. The Labute approximate surface area is 82.4 Å². The van der Waals surface area contributed by atoms with E-state index in [1.165, 1.54) is 13.8 Å². The lowest BCUT2D eigenvalue weighted by Crippen LogP contribution is -2.14. The molecule has 0 heterocycles. The minimum atomic E-state index is -1.49. The van der Waals surface area contributed by atoms with Crippen molar-refractivity contribution in [3.8, 4) is 0 Å². The Bertz CT molecular complexity index is 339. The summed E-state index contributed by atoms with van der Waals surface area (Å²) in [7, 11) is 0. The average Bonchev–Trinajstić information content (AvgIpc) is 2.01. The van der Waals surface area contributed by atoms with Crippen LogP contribution in [0.5, 0.6) is 0 Å². The van der Waals surface area contributed by atoms with E-state index in [1.54, 1.807) is 24.3 Å². The number of hydrogen-bond acceptors (Lipinski definition) is 1. The van der Waals surface area contributed by atoms with Gasteiger partial charge in [-0.2, -0.15) is 0 Å². The predicted octanol–water partition coefficient (Wildman–Crippen LogP) is 2.52. The van der Waals surface area contributed by atoms with Gasteiger partial charge in [0.15, 0.2) is 0 Å². The highest BCUT2D eigenvalue weighted by atomic mass is 19.1. The van der Waals surface area contributed by atoms with E-state index in [0.717, 1.165) is 0 Å². The predicted molar refractivity (Wildman–Crippen MR) is 51.9 cm³/mol. The number of benzene rings is 1.